The fraction of sp³-hybridized carbons (Fsp3) is 0.125. The first-order chi connectivity index (χ1) is 5.29. The molecule has 0 saturated heterocycles. The van der Waals surface area contributed by atoms with Gasteiger partial charge in [-0.05, 0) is 12.1 Å². The van der Waals surface area contributed by atoms with E-state index in [0.717, 1.165) is 5.52 Å². The molecule has 1 heterocycles. The molecular formula is C8H6FN2. The topological polar surface area (TPSA) is 17.8 Å². The van der Waals surface area contributed by atoms with Gasteiger partial charge in [0.15, 0.2) is 0 Å². The van der Waals surface area contributed by atoms with Crippen LogP contribution < -0.4 is 0 Å². The van der Waals surface area contributed by atoms with Crippen LogP contribution in [0.15, 0.2) is 18.2 Å². The van der Waals surface area contributed by atoms with Crippen molar-refractivity contribution in [2.24, 2.45) is 7.05 Å². The Bertz CT molecular complexity index is 392. The van der Waals surface area contributed by atoms with Gasteiger partial charge in [0.1, 0.15) is 12.0 Å². The summed E-state index contributed by atoms with van der Waals surface area (Å²) in [5.41, 5.74) is 0.769. The Morgan fingerprint density at radius 2 is 2.36 bits per heavy atom. The number of nitrogens with zero attached hydrogens (tertiary/aromatic N) is 2. The largest absolute Gasteiger partial charge is 0.267 e. The minimum Gasteiger partial charge on any atom is -0.267 e. The zero-order valence-corrected chi connectivity index (χ0v) is 6.00. The Morgan fingerprint density at radius 3 is 3.09 bits per heavy atom. The lowest BCUT2D eigenvalue weighted by atomic mass is 10.2. The Morgan fingerprint density at radius 1 is 1.55 bits per heavy atom. The number of rotatable bonds is 0. The van der Waals surface area contributed by atoms with Gasteiger partial charge in [-0.3, -0.25) is 4.68 Å². The Kier molecular flexibility index (Phi) is 1.18. The zero-order valence-electron chi connectivity index (χ0n) is 6.00. The molecule has 0 aliphatic carbocycles. The van der Waals surface area contributed by atoms with Crippen LogP contribution in [0.3, 0.4) is 0 Å². The lowest BCUT2D eigenvalue weighted by Crippen LogP contribution is -1.88. The SMILES string of the molecule is Cn1n[c]c2c(F)cccc21. The van der Waals surface area contributed by atoms with Gasteiger partial charge >= 0.3 is 0 Å². The third-order valence-electron chi connectivity index (χ3n) is 1.65. The lowest BCUT2D eigenvalue weighted by molar-refractivity contribution is 0.639. The monoisotopic (exact) mass is 149 g/mol. The van der Waals surface area contributed by atoms with Crippen LogP contribution in [-0.4, -0.2) is 9.78 Å². The van der Waals surface area contributed by atoms with Crippen LogP contribution in [0.2, 0.25) is 0 Å². The Hall–Kier alpha value is -1.38. The van der Waals surface area contributed by atoms with Crippen molar-refractivity contribution in [1.29, 1.82) is 0 Å². The second kappa shape index (κ2) is 2.05. The summed E-state index contributed by atoms with van der Waals surface area (Å²) in [6, 6.07) is 4.87. The molecule has 2 aromatic rings. The van der Waals surface area contributed by atoms with E-state index in [-0.39, 0.29) is 5.82 Å². The fourth-order valence-corrected chi connectivity index (χ4v) is 1.07. The molecular weight excluding hydrogens is 143 g/mol. The van der Waals surface area contributed by atoms with Crippen LogP contribution >= 0.6 is 0 Å². The van der Waals surface area contributed by atoms with E-state index >= 15 is 0 Å². The van der Waals surface area contributed by atoms with E-state index in [1.807, 2.05) is 6.07 Å². The molecule has 0 bridgehead atoms. The number of hydrogen-bond acceptors (Lipinski definition) is 1. The van der Waals surface area contributed by atoms with E-state index in [9.17, 15) is 4.39 Å². The highest BCUT2D eigenvalue weighted by molar-refractivity contribution is 5.78. The molecule has 0 aliphatic heterocycles. The van der Waals surface area contributed by atoms with E-state index in [1.54, 1.807) is 17.8 Å². The molecule has 0 unspecified atom stereocenters. The lowest BCUT2D eigenvalue weighted by Gasteiger charge is -1.92. The summed E-state index contributed by atoms with van der Waals surface area (Å²) in [5.74, 6) is -0.268. The summed E-state index contributed by atoms with van der Waals surface area (Å²) < 4.78 is 14.5. The smallest absolute Gasteiger partial charge is 0.134 e. The summed E-state index contributed by atoms with van der Waals surface area (Å²) >= 11 is 0. The second-order valence-electron chi connectivity index (χ2n) is 2.37. The normalized spacial score (nSPS) is 10.7. The van der Waals surface area contributed by atoms with E-state index in [2.05, 4.69) is 11.3 Å². The van der Waals surface area contributed by atoms with Gasteiger partial charge in [-0.15, -0.1) is 0 Å². The highest BCUT2D eigenvalue weighted by Crippen LogP contribution is 2.14. The molecule has 11 heavy (non-hydrogen) atoms. The molecule has 1 radical (unpaired) electrons. The highest BCUT2D eigenvalue weighted by atomic mass is 19.1. The molecule has 55 valence electrons. The van der Waals surface area contributed by atoms with E-state index in [4.69, 9.17) is 0 Å². The van der Waals surface area contributed by atoms with Crippen molar-refractivity contribution in [3.63, 3.8) is 0 Å². The molecule has 2 rings (SSSR count). The quantitative estimate of drug-likeness (QED) is 0.555. The Balaban J connectivity index is 2.94. The van der Waals surface area contributed by atoms with E-state index < -0.39 is 0 Å². The average molecular weight is 149 g/mol. The first kappa shape index (κ1) is 6.34. The standard InChI is InChI=1S/C8H6FN2/c1-11-8-4-2-3-7(9)6(8)5-10-11/h2-4H,1H3. The van der Waals surface area contributed by atoms with Crippen LogP contribution in [0.5, 0.6) is 0 Å². The maximum absolute atomic E-state index is 12.9. The summed E-state index contributed by atoms with van der Waals surface area (Å²) in [5, 5.41) is 4.26. The first-order valence-electron chi connectivity index (χ1n) is 3.28. The van der Waals surface area contributed by atoms with Gasteiger partial charge in [0, 0.05) is 7.05 Å². The molecule has 0 N–H and O–H groups in total. The third-order valence-corrected chi connectivity index (χ3v) is 1.65. The minimum absolute atomic E-state index is 0.268. The summed E-state index contributed by atoms with van der Waals surface area (Å²) in [4.78, 5) is 0. The number of halogens is 1. The van der Waals surface area contributed by atoms with Crippen molar-refractivity contribution >= 4 is 10.9 Å². The van der Waals surface area contributed by atoms with Crippen LogP contribution in [0.1, 0.15) is 0 Å². The number of benzene rings is 1. The van der Waals surface area contributed by atoms with Crippen LogP contribution in [-0.2, 0) is 7.05 Å². The van der Waals surface area contributed by atoms with Crippen LogP contribution in [0, 0.1) is 12.0 Å². The predicted octanol–water partition coefficient (Wildman–Crippen LogP) is 1.51. The van der Waals surface area contributed by atoms with Gasteiger partial charge in [-0.1, -0.05) is 6.07 Å². The van der Waals surface area contributed by atoms with Crippen LogP contribution in [0.4, 0.5) is 4.39 Å². The maximum atomic E-state index is 12.9. The number of aromatic nitrogens is 2. The van der Waals surface area contributed by atoms with Gasteiger partial charge < -0.3 is 0 Å². The van der Waals surface area contributed by atoms with Gasteiger partial charge in [-0.2, -0.15) is 5.10 Å². The van der Waals surface area contributed by atoms with Gasteiger partial charge in [0.2, 0.25) is 0 Å². The van der Waals surface area contributed by atoms with E-state index in [1.165, 1.54) is 6.07 Å². The van der Waals surface area contributed by atoms with Crippen molar-refractivity contribution < 1.29 is 4.39 Å². The molecule has 2 nitrogen and oxygen atoms in total. The van der Waals surface area contributed by atoms with Crippen molar-refractivity contribution in [2.45, 2.75) is 0 Å². The van der Waals surface area contributed by atoms with Crippen molar-refractivity contribution in [3.05, 3.63) is 30.2 Å². The molecule has 3 heteroatoms. The number of hydrogen-bond donors (Lipinski definition) is 0. The number of fused-ring (bicyclic) bond motifs is 1. The van der Waals surface area contributed by atoms with Crippen LogP contribution in [0.25, 0.3) is 10.9 Å². The van der Waals surface area contributed by atoms with Gasteiger partial charge in [0.25, 0.3) is 0 Å². The van der Waals surface area contributed by atoms with Gasteiger partial charge in [-0.25, -0.2) is 4.39 Å². The summed E-state index contributed by atoms with van der Waals surface area (Å²) in [6.07, 6.45) is 2.59. The minimum atomic E-state index is -0.268. The van der Waals surface area contributed by atoms with Gasteiger partial charge in [0.05, 0.1) is 10.9 Å². The third kappa shape index (κ3) is 0.808. The Labute approximate surface area is 63.3 Å². The number of aryl methyl sites for hydroxylation is 1. The highest BCUT2D eigenvalue weighted by Gasteiger charge is 2.02. The summed E-state index contributed by atoms with van der Waals surface area (Å²) in [6.45, 7) is 0. The van der Waals surface area contributed by atoms with E-state index in [0.29, 0.717) is 5.39 Å². The second-order valence-corrected chi connectivity index (χ2v) is 2.37. The molecule has 1 aromatic heterocycles. The van der Waals surface area contributed by atoms with Crippen molar-refractivity contribution in [3.8, 4) is 0 Å². The summed E-state index contributed by atoms with van der Waals surface area (Å²) in [7, 11) is 1.76. The average Bonchev–Trinajstić information content (AvgIpc) is 2.35. The first-order valence-corrected chi connectivity index (χ1v) is 3.28. The predicted molar refractivity (Wildman–Crippen MR) is 39.5 cm³/mol. The molecule has 0 fully saturated rings. The zero-order chi connectivity index (χ0) is 7.84. The molecule has 0 saturated carbocycles. The molecule has 1 aromatic carbocycles. The molecule has 0 atom stereocenters. The molecule has 0 amide bonds. The van der Waals surface area contributed by atoms with Crippen molar-refractivity contribution in [1.82, 2.24) is 9.78 Å². The fourth-order valence-electron chi connectivity index (χ4n) is 1.07. The maximum Gasteiger partial charge on any atom is 0.134 e. The van der Waals surface area contributed by atoms with Crippen molar-refractivity contribution in [2.75, 3.05) is 0 Å². The molecule has 0 aliphatic rings. The molecule has 0 spiro atoms.